The van der Waals surface area contributed by atoms with Gasteiger partial charge in [-0.05, 0) is 49.3 Å². The van der Waals surface area contributed by atoms with Crippen molar-refractivity contribution in [2.75, 3.05) is 11.9 Å². The first kappa shape index (κ1) is 13.3. The monoisotopic (exact) mass is 247 g/mol. The normalized spacial score (nSPS) is 16.4. The summed E-state index contributed by atoms with van der Waals surface area (Å²) < 4.78 is 0. The van der Waals surface area contributed by atoms with Gasteiger partial charge in [-0.2, -0.15) is 0 Å². The van der Waals surface area contributed by atoms with Crippen molar-refractivity contribution >= 4 is 5.82 Å². The molecule has 0 bridgehead atoms. The van der Waals surface area contributed by atoms with Gasteiger partial charge in [-0.3, -0.25) is 0 Å². The molecule has 0 aliphatic heterocycles. The Morgan fingerprint density at radius 2 is 2.11 bits per heavy atom. The number of pyridine rings is 1. The third-order valence-electron chi connectivity index (χ3n) is 3.75. The Balaban J connectivity index is 2.11. The van der Waals surface area contributed by atoms with Gasteiger partial charge < -0.3 is 11.1 Å². The van der Waals surface area contributed by atoms with Gasteiger partial charge in [0.25, 0.3) is 0 Å². The zero-order valence-electron chi connectivity index (χ0n) is 11.8. The second kappa shape index (κ2) is 5.27. The fraction of sp³-hybridized carbons (Fsp3) is 0.667. The number of hydrogen-bond donors (Lipinski definition) is 2. The van der Waals surface area contributed by atoms with Gasteiger partial charge in [0.15, 0.2) is 0 Å². The Morgan fingerprint density at radius 1 is 1.33 bits per heavy atom. The Hall–Kier alpha value is -1.09. The fourth-order valence-electron chi connectivity index (χ4n) is 2.57. The molecule has 3 nitrogen and oxygen atoms in total. The van der Waals surface area contributed by atoms with Crippen molar-refractivity contribution in [3.05, 3.63) is 23.4 Å². The molecule has 100 valence electrons. The largest absolute Gasteiger partial charge is 0.367 e. The van der Waals surface area contributed by atoms with E-state index in [2.05, 4.69) is 38.2 Å². The molecule has 0 fully saturated rings. The second-order valence-electron chi connectivity index (χ2n) is 6.30. The summed E-state index contributed by atoms with van der Waals surface area (Å²) in [6.07, 6.45) is 4.54. The van der Waals surface area contributed by atoms with E-state index in [1.54, 1.807) is 0 Å². The van der Waals surface area contributed by atoms with Crippen LogP contribution in [0.2, 0.25) is 0 Å². The summed E-state index contributed by atoms with van der Waals surface area (Å²) in [4.78, 5) is 4.74. The fourth-order valence-corrected chi connectivity index (χ4v) is 2.57. The maximum Gasteiger partial charge on any atom is 0.126 e. The maximum absolute atomic E-state index is 5.71. The van der Waals surface area contributed by atoms with Crippen LogP contribution in [-0.4, -0.2) is 17.6 Å². The molecule has 1 atom stereocenters. The van der Waals surface area contributed by atoms with Crippen LogP contribution in [0.15, 0.2) is 12.1 Å². The van der Waals surface area contributed by atoms with Crippen LogP contribution in [0.5, 0.6) is 0 Å². The molecule has 0 amide bonds. The molecule has 1 heterocycles. The van der Waals surface area contributed by atoms with Gasteiger partial charge in [-0.25, -0.2) is 4.98 Å². The van der Waals surface area contributed by atoms with Gasteiger partial charge in [0.1, 0.15) is 5.82 Å². The van der Waals surface area contributed by atoms with Crippen molar-refractivity contribution in [1.29, 1.82) is 0 Å². The smallest absolute Gasteiger partial charge is 0.126 e. The molecule has 0 radical (unpaired) electrons. The summed E-state index contributed by atoms with van der Waals surface area (Å²) in [6, 6.07) is 4.70. The number of nitrogens with two attached hydrogens (primary N) is 1. The summed E-state index contributed by atoms with van der Waals surface area (Å²) in [6.45, 7) is 7.44. The van der Waals surface area contributed by atoms with Crippen LogP contribution in [0.25, 0.3) is 0 Å². The molecule has 0 saturated heterocycles. The molecule has 3 N–H and O–H groups in total. The molecule has 0 saturated carbocycles. The molecule has 1 aliphatic carbocycles. The predicted molar refractivity (Wildman–Crippen MR) is 76.8 cm³/mol. The topological polar surface area (TPSA) is 50.9 Å². The first-order valence-electron chi connectivity index (χ1n) is 6.96. The highest BCUT2D eigenvalue weighted by atomic mass is 15.0. The van der Waals surface area contributed by atoms with Crippen molar-refractivity contribution in [3.8, 4) is 0 Å². The van der Waals surface area contributed by atoms with Crippen molar-refractivity contribution in [2.24, 2.45) is 11.1 Å². The Kier molecular flexibility index (Phi) is 3.91. The zero-order chi connectivity index (χ0) is 13.2. The SMILES string of the molecule is CC(C)(C)C(CCN)Nc1ccc2c(n1)CCC2. The van der Waals surface area contributed by atoms with Crippen molar-refractivity contribution < 1.29 is 0 Å². The van der Waals surface area contributed by atoms with Crippen LogP contribution in [-0.2, 0) is 12.8 Å². The van der Waals surface area contributed by atoms with Crippen LogP contribution in [0.3, 0.4) is 0 Å². The lowest BCUT2D eigenvalue weighted by Crippen LogP contribution is -2.36. The zero-order valence-corrected chi connectivity index (χ0v) is 11.8. The standard InChI is InChI=1S/C15H25N3/c1-15(2,3)13(9-10-16)18-14-8-7-11-5-4-6-12(11)17-14/h7-8,13H,4-6,9-10,16H2,1-3H3,(H,17,18). The Bertz CT molecular complexity index is 407. The van der Waals surface area contributed by atoms with Crippen LogP contribution in [0, 0.1) is 5.41 Å². The molecule has 1 aromatic rings. The number of hydrogen-bond acceptors (Lipinski definition) is 3. The summed E-state index contributed by atoms with van der Waals surface area (Å²) in [5.74, 6) is 1.00. The number of fused-ring (bicyclic) bond motifs is 1. The predicted octanol–water partition coefficient (Wildman–Crippen LogP) is 2.75. The van der Waals surface area contributed by atoms with E-state index in [1.807, 2.05) is 0 Å². The minimum absolute atomic E-state index is 0.195. The van der Waals surface area contributed by atoms with Gasteiger partial charge >= 0.3 is 0 Å². The van der Waals surface area contributed by atoms with E-state index in [1.165, 1.54) is 24.1 Å². The third kappa shape index (κ3) is 3.02. The van der Waals surface area contributed by atoms with Crippen molar-refractivity contribution in [1.82, 2.24) is 4.98 Å². The Morgan fingerprint density at radius 3 is 2.78 bits per heavy atom. The second-order valence-corrected chi connectivity index (χ2v) is 6.30. The van der Waals surface area contributed by atoms with Crippen molar-refractivity contribution in [3.63, 3.8) is 0 Å². The molecule has 1 unspecified atom stereocenters. The highest BCUT2D eigenvalue weighted by Crippen LogP contribution is 2.26. The highest BCUT2D eigenvalue weighted by Gasteiger charge is 2.24. The average Bonchev–Trinajstić information content (AvgIpc) is 2.74. The summed E-state index contributed by atoms with van der Waals surface area (Å²) in [5, 5.41) is 3.56. The lowest BCUT2D eigenvalue weighted by Gasteiger charge is -2.31. The van der Waals surface area contributed by atoms with Crippen LogP contribution in [0.1, 0.15) is 44.9 Å². The summed E-state index contributed by atoms with van der Waals surface area (Å²) in [5.41, 5.74) is 8.61. The van der Waals surface area contributed by atoms with Crippen LogP contribution >= 0.6 is 0 Å². The van der Waals surface area contributed by atoms with E-state index in [4.69, 9.17) is 10.7 Å². The van der Waals surface area contributed by atoms with E-state index in [-0.39, 0.29) is 5.41 Å². The Labute approximate surface area is 110 Å². The van der Waals surface area contributed by atoms with Gasteiger partial charge in [0.05, 0.1) is 0 Å². The molecule has 2 rings (SSSR count). The van der Waals surface area contributed by atoms with Gasteiger partial charge in [-0.15, -0.1) is 0 Å². The molecule has 1 aromatic heterocycles. The molecule has 0 aromatic carbocycles. The van der Waals surface area contributed by atoms with Crippen LogP contribution < -0.4 is 11.1 Å². The summed E-state index contributed by atoms with van der Waals surface area (Å²) >= 11 is 0. The number of aromatic nitrogens is 1. The molecule has 18 heavy (non-hydrogen) atoms. The van der Waals surface area contributed by atoms with E-state index in [9.17, 15) is 0 Å². The van der Waals surface area contributed by atoms with E-state index >= 15 is 0 Å². The molecule has 1 aliphatic rings. The van der Waals surface area contributed by atoms with E-state index < -0.39 is 0 Å². The van der Waals surface area contributed by atoms with Gasteiger partial charge in [0.2, 0.25) is 0 Å². The minimum atomic E-state index is 0.195. The number of aryl methyl sites for hydroxylation is 2. The third-order valence-corrected chi connectivity index (χ3v) is 3.75. The number of nitrogens with one attached hydrogen (secondary N) is 1. The first-order valence-corrected chi connectivity index (χ1v) is 6.96. The summed E-state index contributed by atoms with van der Waals surface area (Å²) in [7, 11) is 0. The lowest BCUT2D eigenvalue weighted by molar-refractivity contribution is 0.328. The molecular formula is C15H25N3. The highest BCUT2D eigenvalue weighted by molar-refractivity contribution is 5.41. The number of rotatable bonds is 4. The number of anilines is 1. The first-order chi connectivity index (χ1) is 8.50. The molecular weight excluding hydrogens is 222 g/mol. The van der Waals surface area contributed by atoms with E-state index in [0.717, 1.165) is 18.7 Å². The number of nitrogens with zero attached hydrogens (tertiary/aromatic N) is 1. The van der Waals surface area contributed by atoms with Gasteiger partial charge in [0, 0.05) is 11.7 Å². The molecule has 0 spiro atoms. The maximum atomic E-state index is 5.71. The van der Waals surface area contributed by atoms with Crippen LogP contribution in [0.4, 0.5) is 5.82 Å². The quantitative estimate of drug-likeness (QED) is 0.860. The van der Waals surface area contributed by atoms with Crippen molar-refractivity contribution in [2.45, 2.75) is 52.5 Å². The van der Waals surface area contributed by atoms with E-state index in [0.29, 0.717) is 12.6 Å². The van der Waals surface area contributed by atoms with Gasteiger partial charge in [-0.1, -0.05) is 26.8 Å². The lowest BCUT2D eigenvalue weighted by atomic mass is 9.85. The average molecular weight is 247 g/mol. The molecule has 3 heteroatoms. The minimum Gasteiger partial charge on any atom is -0.367 e.